The monoisotopic (exact) mass is 643 g/mol. The quantitative estimate of drug-likeness (QED) is 0.189. The largest absolute Gasteiger partial charge is 0.361 e. The maximum atomic E-state index is 5.86. The lowest BCUT2D eigenvalue weighted by atomic mass is 10.1. The van der Waals surface area contributed by atoms with Crippen LogP contribution in [0.1, 0.15) is 133 Å². The van der Waals surface area contributed by atoms with Crippen molar-refractivity contribution in [2.45, 2.75) is 106 Å². The number of nitrogens with zero attached hydrogens (tertiary/aromatic N) is 5. The molecule has 248 valence electrons. The molecule has 0 radical (unpaired) electrons. The van der Waals surface area contributed by atoms with E-state index in [4.69, 9.17) is 16.1 Å². The van der Waals surface area contributed by atoms with Crippen LogP contribution < -0.4 is 0 Å². The van der Waals surface area contributed by atoms with Gasteiger partial charge in [-0.05, 0) is 90.1 Å². The van der Waals surface area contributed by atoms with Crippen LogP contribution in [-0.4, -0.2) is 25.1 Å². The molecule has 0 unspecified atom stereocenters. The van der Waals surface area contributed by atoms with Gasteiger partial charge in [0.05, 0.1) is 16.4 Å². The summed E-state index contributed by atoms with van der Waals surface area (Å²) in [4.78, 5) is 16.3. The molecule has 5 aromatic heterocycles. The molecule has 5 aromatic rings. The first-order chi connectivity index (χ1) is 21.8. The van der Waals surface area contributed by atoms with Crippen molar-refractivity contribution in [3.63, 3.8) is 0 Å². The molecule has 0 bridgehead atoms. The first-order valence-corrected chi connectivity index (χ1v) is 16.4. The molecule has 0 aliphatic rings. The molecule has 0 fully saturated rings. The van der Waals surface area contributed by atoms with Crippen molar-refractivity contribution in [3.8, 4) is 0 Å². The smallest absolute Gasteiger partial charge is 0.133 e. The van der Waals surface area contributed by atoms with Gasteiger partial charge in [-0.3, -0.25) is 19.9 Å². The molecule has 0 aliphatic carbocycles. The highest BCUT2D eigenvalue weighted by atomic mass is 35.5. The van der Waals surface area contributed by atoms with Gasteiger partial charge >= 0.3 is 0 Å². The van der Waals surface area contributed by atoms with Crippen LogP contribution in [0.3, 0.4) is 0 Å². The second-order valence-electron chi connectivity index (χ2n) is 12.3. The molecular formula is C39H54ClN5O. The van der Waals surface area contributed by atoms with Gasteiger partial charge in [0.2, 0.25) is 0 Å². The van der Waals surface area contributed by atoms with Crippen LogP contribution in [0.2, 0.25) is 5.02 Å². The first kappa shape index (κ1) is 40.1. The van der Waals surface area contributed by atoms with Crippen LogP contribution in [0.5, 0.6) is 0 Å². The van der Waals surface area contributed by atoms with Gasteiger partial charge in [-0.1, -0.05) is 98.1 Å². The summed E-state index contributed by atoms with van der Waals surface area (Å²) in [6.45, 7) is 23.2. The molecule has 0 saturated heterocycles. The van der Waals surface area contributed by atoms with Crippen LogP contribution in [0.25, 0.3) is 0 Å². The van der Waals surface area contributed by atoms with Gasteiger partial charge in [0.15, 0.2) is 0 Å². The molecule has 0 atom stereocenters. The lowest BCUT2D eigenvalue weighted by molar-refractivity contribution is 0.388. The second kappa shape index (κ2) is 22.6. The Hall–Kier alpha value is -3.90. The van der Waals surface area contributed by atoms with Gasteiger partial charge in [0.1, 0.15) is 5.76 Å². The van der Waals surface area contributed by atoms with E-state index in [0.29, 0.717) is 29.6 Å². The molecular weight excluding hydrogens is 590 g/mol. The summed E-state index contributed by atoms with van der Waals surface area (Å²) in [7, 11) is 0. The summed E-state index contributed by atoms with van der Waals surface area (Å²) in [5, 5.41) is 4.60. The van der Waals surface area contributed by atoms with Gasteiger partial charge in [0, 0.05) is 48.9 Å². The Kier molecular flexibility index (Phi) is 19.7. The number of hydrogen-bond donors (Lipinski definition) is 0. The maximum Gasteiger partial charge on any atom is 0.133 e. The molecule has 0 aliphatic heterocycles. The lowest BCUT2D eigenvalue weighted by Gasteiger charge is -2.04. The highest BCUT2D eigenvalue weighted by Gasteiger charge is 2.04. The van der Waals surface area contributed by atoms with Gasteiger partial charge in [-0.2, -0.15) is 0 Å². The van der Waals surface area contributed by atoms with E-state index >= 15 is 0 Å². The zero-order chi connectivity index (χ0) is 34.5. The highest BCUT2D eigenvalue weighted by molar-refractivity contribution is 6.31. The fourth-order valence-corrected chi connectivity index (χ4v) is 4.00. The van der Waals surface area contributed by atoms with Crippen LogP contribution in [0.15, 0.2) is 102 Å². The number of aryl methyl sites for hydroxylation is 1. The zero-order valence-electron chi connectivity index (χ0n) is 29.6. The maximum absolute atomic E-state index is 5.86. The number of pyridine rings is 4. The SMILES string of the molecule is CC(C)c1ccccn1.CC(C)c1cccnc1.CC(C)c1ccncc1.CC(C)c1ncccc1Cl.Cc1cc(C(C)C)no1. The summed E-state index contributed by atoms with van der Waals surface area (Å²) >= 11 is 5.86. The second-order valence-corrected chi connectivity index (χ2v) is 12.7. The van der Waals surface area contributed by atoms with Gasteiger partial charge < -0.3 is 4.52 Å². The molecule has 46 heavy (non-hydrogen) atoms. The topological polar surface area (TPSA) is 77.6 Å². The van der Waals surface area contributed by atoms with Crippen LogP contribution >= 0.6 is 11.6 Å². The minimum absolute atomic E-state index is 0.411. The van der Waals surface area contributed by atoms with Crippen LogP contribution in [-0.2, 0) is 0 Å². The third-order valence-electron chi connectivity index (χ3n) is 6.57. The summed E-state index contributed by atoms with van der Waals surface area (Å²) in [6.07, 6.45) is 11.0. The lowest BCUT2D eigenvalue weighted by Crippen LogP contribution is -1.91. The van der Waals surface area contributed by atoms with E-state index in [1.54, 1.807) is 12.4 Å². The predicted molar refractivity (Wildman–Crippen MR) is 194 cm³/mol. The molecule has 6 nitrogen and oxygen atoms in total. The van der Waals surface area contributed by atoms with E-state index in [2.05, 4.69) is 100 Å². The molecule has 0 N–H and O–H groups in total. The number of rotatable bonds is 5. The molecule has 7 heteroatoms. The van der Waals surface area contributed by atoms with E-state index in [1.165, 1.54) is 11.1 Å². The fraction of sp³-hybridized carbons (Fsp3) is 0.410. The van der Waals surface area contributed by atoms with E-state index in [9.17, 15) is 0 Å². The van der Waals surface area contributed by atoms with E-state index in [0.717, 1.165) is 27.9 Å². The predicted octanol–water partition coefficient (Wildman–Crippen LogP) is 11.6. The van der Waals surface area contributed by atoms with E-state index < -0.39 is 0 Å². The van der Waals surface area contributed by atoms with Gasteiger partial charge in [0.25, 0.3) is 0 Å². The minimum atomic E-state index is 0.411. The van der Waals surface area contributed by atoms with Crippen molar-refractivity contribution in [3.05, 3.63) is 137 Å². The van der Waals surface area contributed by atoms with Crippen molar-refractivity contribution < 1.29 is 4.52 Å². The Bertz CT molecular complexity index is 1330. The Morgan fingerprint density at radius 2 is 1.15 bits per heavy atom. The molecule has 0 spiro atoms. The third kappa shape index (κ3) is 17.0. The van der Waals surface area contributed by atoms with Crippen molar-refractivity contribution in [2.75, 3.05) is 0 Å². The molecule has 0 amide bonds. The Labute approximate surface area is 283 Å². The van der Waals surface area contributed by atoms with Crippen molar-refractivity contribution in [2.24, 2.45) is 0 Å². The average molecular weight is 644 g/mol. The third-order valence-corrected chi connectivity index (χ3v) is 6.89. The number of hydrogen-bond acceptors (Lipinski definition) is 6. The minimum Gasteiger partial charge on any atom is -0.361 e. The Balaban J connectivity index is 0.000000288. The summed E-state index contributed by atoms with van der Waals surface area (Å²) in [5.41, 5.74) is 5.83. The standard InChI is InChI=1S/C8H10ClN.3C8H11N.C7H11NO/c1-6(2)8-7(9)4-3-5-10-8;1-7(2)8-3-5-9-6-4-8;1-7(2)8-4-3-5-9-6-8;1-7(2)8-5-3-4-6-9-8;1-5(2)7-4-6(3)9-8-7/h3-6H,1-2H3;3*3-7H,1-2H3;4-5H,1-3H3. The average Bonchev–Trinajstić information content (AvgIpc) is 3.50. The first-order valence-electron chi connectivity index (χ1n) is 16.1. The summed E-state index contributed by atoms with van der Waals surface area (Å²) < 4.78 is 4.88. The van der Waals surface area contributed by atoms with Crippen LogP contribution in [0, 0.1) is 6.92 Å². The summed E-state index contributed by atoms with van der Waals surface area (Å²) in [5.74, 6) is 3.53. The van der Waals surface area contributed by atoms with Gasteiger partial charge in [-0.25, -0.2) is 0 Å². The highest BCUT2D eigenvalue weighted by Crippen LogP contribution is 2.20. The number of aromatic nitrogens is 5. The summed E-state index contributed by atoms with van der Waals surface area (Å²) in [6, 6.07) is 19.8. The van der Waals surface area contributed by atoms with E-state index in [-0.39, 0.29) is 0 Å². The van der Waals surface area contributed by atoms with Crippen molar-refractivity contribution in [1.82, 2.24) is 25.1 Å². The fourth-order valence-electron chi connectivity index (χ4n) is 3.66. The normalized spacial score (nSPS) is 10.3. The Morgan fingerprint density at radius 1 is 0.543 bits per heavy atom. The van der Waals surface area contributed by atoms with Crippen molar-refractivity contribution >= 4 is 11.6 Å². The number of halogens is 1. The van der Waals surface area contributed by atoms with E-state index in [1.807, 2.05) is 86.3 Å². The van der Waals surface area contributed by atoms with Gasteiger partial charge in [-0.15, -0.1) is 0 Å². The Morgan fingerprint density at radius 3 is 1.48 bits per heavy atom. The molecule has 0 saturated carbocycles. The zero-order valence-corrected chi connectivity index (χ0v) is 30.4. The van der Waals surface area contributed by atoms with Crippen LogP contribution in [0.4, 0.5) is 0 Å². The van der Waals surface area contributed by atoms with Crippen molar-refractivity contribution in [1.29, 1.82) is 0 Å². The molecule has 5 heterocycles. The molecule has 5 rings (SSSR count). The molecule has 0 aromatic carbocycles.